The summed E-state index contributed by atoms with van der Waals surface area (Å²) in [5.74, 6) is -0.271. The number of halogens is 4. The molecule has 0 N–H and O–H groups in total. The second-order valence-corrected chi connectivity index (χ2v) is 8.94. The third kappa shape index (κ3) is 4.88. The number of hydrogen-bond acceptors (Lipinski definition) is 4. The van der Waals surface area contributed by atoms with Gasteiger partial charge in [-0.3, -0.25) is 9.48 Å². The summed E-state index contributed by atoms with van der Waals surface area (Å²) in [6.07, 6.45) is -1.95. The highest BCUT2D eigenvalue weighted by Crippen LogP contribution is 2.33. The zero-order valence-corrected chi connectivity index (χ0v) is 20.4. The molecule has 7 nitrogen and oxygen atoms in total. The molecule has 0 atom stereocenters. The average Bonchev–Trinajstić information content (AvgIpc) is 3.40. The molecule has 0 aliphatic rings. The Labute approximate surface area is 205 Å². The molecule has 0 unspecified atom stereocenters. The zero-order chi connectivity index (χ0) is 25.5. The van der Waals surface area contributed by atoms with E-state index in [1.54, 1.807) is 23.0 Å². The van der Waals surface area contributed by atoms with Gasteiger partial charge in [-0.05, 0) is 24.5 Å². The van der Waals surface area contributed by atoms with Gasteiger partial charge in [-0.25, -0.2) is 9.50 Å². The lowest BCUT2D eigenvalue weighted by atomic mass is 10.0. The fraction of sp³-hybridized carbons (Fsp3) is 0.333. The number of aryl methyl sites for hydroxylation is 1. The minimum absolute atomic E-state index is 0.0512. The first-order valence-electron chi connectivity index (χ1n) is 11.0. The molecule has 0 bridgehead atoms. The molecule has 1 aromatic carbocycles. The van der Waals surface area contributed by atoms with E-state index < -0.39 is 17.8 Å². The Kier molecular flexibility index (Phi) is 6.59. The summed E-state index contributed by atoms with van der Waals surface area (Å²) in [4.78, 5) is 18.9. The lowest BCUT2D eigenvalue weighted by Crippen LogP contribution is -2.27. The van der Waals surface area contributed by atoms with E-state index in [0.29, 0.717) is 27.3 Å². The van der Waals surface area contributed by atoms with E-state index in [-0.39, 0.29) is 29.4 Å². The van der Waals surface area contributed by atoms with Crippen LogP contribution in [0.4, 0.5) is 13.2 Å². The van der Waals surface area contributed by atoms with Crippen LogP contribution in [0.2, 0.25) is 5.02 Å². The molecular formula is C24H24ClF3N6O. The number of amides is 1. The van der Waals surface area contributed by atoms with Crippen LogP contribution in [0.25, 0.3) is 16.9 Å². The maximum absolute atomic E-state index is 13.9. The second kappa shape index (κ2) is 9.33. The first-order valence-corrected chi connectivity index (χ1v) is 11.4. The molecule has 3 aromatic heterocycles. The number of alkyl halides is 3. The highest BCUT2D eigenvalue weighted by molar-refractivity contribution is 6.31. The molecular weight excluding hydrogens is 481 g/mol. The lowest BCUT2D eigenvalue weighted by Gasteiger charge is -2.16. The van der Waals surface area contributed by atoms with Gasteiger partial charge in [0, 0.05) is 25.4 Å². The van der Waals surface area contributed by atoms with Crippen LogP contribution in [-0.4, -0.2) is 42.2 Å². The van der Waals surface area contributed by atoms with Gasteiger partial charge in [0.05, 0.1) is 23.5 Å². The maximum Gasteiger partial charge on any atom is 0.433 e. The zero-order valence-electron chi connectivity index (χ0n) is 19.6. The van der Waals surface area contributed by atoms with E-state index in [1.165, 1.54) is 11.9 Å². The lowest BCUT2D eigenvalue weighted by molar-refractivity contribution is -0.142. The number of rotatable bonds is 6. The third-order valence-corrected chi connectivity index (χ3v) is 6.03. The molecule has 35 heavy (non-hydrogen) atoms. The number of hydrogen-bond donors (Lipinski definition) is 0. The van der Waals surface area contributed by atoms with Crippen LogP contribution in [-0.2, 0) is 19.3 Å². The van der Waals surface area contributed by atoms with Gasteiger partial charge in [0.1, 0.15) is 11.3 Å². The predicted octanol–water partition coefficient (Wildman–Crippen LogP) is 5.68. The molecule has 4 aromatic rings. The summed E-state index contributed by atoms with van der Waals surface area (Å²) in [5.41, 5.74) is 0.897. The molecule has 184 valence electrons. The van der Waals surface area contributed by atoms with Gasteiger partial charge < -0.3 is 4.90 Å². The van der Waals surface area contributed by atoms with Gasteiger partial charge in [-0.15, -0.1) is 0 Å². The van der Waals surface area contributed by atoms with E-state index in [0.717, 1.165) is 17.8 Å². The van der Waals surface area contributed by atoms with Crippen molar-refractivity contribution < 1.29 is 18.0 Å². The van der Waals surface area contributed by atoms with Gasteiger partial charge in [0.15, 0.2) is 11.3 Å². The standard InChI is InChI=1S/C24H24ClF3N6O/c1-5-33-12-18(25)20(31-33)13-32(4)23(35)17-11-29-34-21(24(26,27)28)10-19(30-22(17)34)16-8-6-15(7-9-16)14(2)3/h6-12,14H,5,13H2,1-4H3. The molecule has 3 heterocycles. The highest BCUT2D eigenvalue weighted by atomic mass is 35.5. The van der Waals surface area contributed by atoms with Crippen LogP contribution < -0.4 is 0 Å². The number of carbonyl (C=O) groups is 1. The summed E-state index contributed by atoms with van der Waals surface area (Å²) < 4.78 is 44.0. The Morgan fingerprint density at radius 2 is 1.89 bits per heavy atom. The number of aromatic nitrogens is 5. The largest absolute Gasteiger partial charge is 0.433 e. The Bertz CT molecular complexity index is 1370. The normalized spacial score (nSPS) is 12.0. The molecule has 11 heteroatoms. The first kappa shape index (κ1) is 24.7. The van der Waals surface area contributed by atoms with Crippen LogP contribution in [0.1, 0.15) is 54.0 Å². The summed E-state index contributed by atoms with van der Waals surface area (Å²) in [6.45, 7) is 6.64. The van der Waals surface area contributed by atoms with Crippen molar-refractivity contribution in [3.05, 3.63) is 70.3 Å². The van der Waals surface area contributed by atoms with Crippen LogP contribution in [0.5, 0.6) is 0 Å². The number of nitrogens with zero attached hydrogens (tertiary/aromatic N) is 6. The quantitative estimate of drug-likeness (QED) is 0.339. The van der Waals surface area contributed by atoms with Crippen molar-refractivity contribution in [2.45, 2.75) is 46.0 Å². The topological polar surface area (TPSA) is 68.3 Å². The van der Waals surface area contributed by atoms with E-state index in [4.69, 9.17) is 11.6 Å². The van der Waals surface area contributed by atoms with Gasteiger partial charge >= 0.3 is 6.18 Å². The van der Waals surface area contributed by atoms with Crippen molar-refractivity contribution in [2.75, 3.05) is 7.05 Å². The Hall–Kier alpha value is -3.40. The van der Waals surface area contributed by atoms with Crippen molar-refractivity contribution in [2.24, 2.45) is 0 Å². The molecule has 4 rings (SSSR count). The van der Waals surface area contributed by atoms with E-state index in [2.05, 4.69) is 15.2 Å². The minimum atomic E-state index is -4.70. The van der Waals surface area contributed by atoms with Gasteiger partial charge in [-0.2, -0.15) is 23.4 Å². The molecule has 0 saturated carbocycles. The monoisotopic (exact) mass is 504 g/mol. The van der Waals surface area contributed by atoms with Crippen molar-refractivity contribution in [3.8, 4) is 11.3 Å². The van der Waals surface area contributed by atoms with Gasteiger partial charge in [0.2, 0.25) is 0 Å². The van der Waals surface area contributed by atoms with E-state index in [1.807, 2.05) is 32.9 Å². The summed E-state index contributed by atoms with van der Waals surface area (Å²) >= 11 is 6.21. The summed E-state index contributed by atoms with van der Waals surface area (Å²) in [5, 5.41) is 8.56. The van der Waals surface area contributed by atoms with E-state index >= 15 is 0 Å². The second-order valence-electron chi connectivity index (χ2n) is 8.54. The maximum atomic E-state index is 13.9. The highest BCUT2D eigenvalue weighted by Gasteiger charge is 2.36. The smallest absolute Gasteiger partial charge is 0.336 e. The Morgan fingerprint density at radius 1 is 1.20 bits per heavy atom. The molecule has 0 aliphatic heterocycles. The number of fused-ring (bicyclic) bond motifs is 1. The summed E-state index contributed by atoms with van der Waals surface area (Å²) in [7, 11) is 1.52. The fourth-order valence-corrected chi connectivity index (χ4v) is 3.92. The molecule has 0 aliphatic carbocycles. The predicted molar refractivity (Wildman–Crippen MR) is 126 cm³/mol. The molecule has 0 fully saturated rings. The SMILES string of the molecule is CCn1cc(Cl)c(CN(C)C(=O)c2cnn3c(C(F)(F)F)cc(-c4ccc(C(C)C)cc4)nc23)n1. The van der Waals surface area contributed by atoms with Crippen LogP contribution >= 0.6 is 11.6 Å². The molecule has 0 radical (unpaired) electrons. The van der Waals surface area contributed by atoms with Gasteiger partial charge in [0.25, 0.3) is 5.91 Å². The van der Waals surface area contributed by atoms with Crippen LogP contribution in [0, 0.1) is 0 Å². The first-order chi connectivity index (χ1) is 16.5. The number of benzene rings is 1. The number of carbonyl (C=O) groups excluding carboxylic acids is 1. The molecule has 1 amide bonds. The van der Waals surface area contributed by atoms with Crippen molar-refractivity contribution in [1.82, 2.24) is 29.3 Å². The minimum Gasteiger partial charge on any atom is -0.336 e. The summed E-state index contributed by atoms with van der Waals surface area (Å²) in [6, 6.07) is 8.11. The van der Waals surface area contributed by atoms with Crippen molar-refractivity contribution >= 4 is 23.2 Å². The van der Waals surface area contributed by atoms with Crippen molar-refractivity contribution in [1.29, 1.82) is 0 Å². The molecule has 0 saturated heterocycles. The van der Waals surface area contributed by atoms with E-state index in [9.17, 15) is 18.0 Å². The Morgan fingerprint density at radius 3 is 2.46 bits per heavy atom. The van der Waals surface area contributed by atoms with Crippen LogP contribution in [0.3, 0.4) is 0 Å². The Balaban J connectivity index is 1.76. The van der Waals surface area contributed by atoms with Crippen LogP contribution in [0.15, 0.2) is 42.7 Å². The van der Waals surface area contributed by atoms with Crippen molar-refractivity contribution in [3.63, 3.8) is 0 Å². The third-order valence-electron chi connectivity index (χ3n) is 5.71. The molecule has 0 spiro atoms. The average molecular weight is 505 g/mol. The van der Waals surface area contributed by atoms with Gasteiger partial charge in [-0.1, -0.05) is 49.7 Å². The fourth-order valence-electron chi connectivity index (χ4n) is 3.71.